The number of ether oxygens (including phenoxy) is 2. The molecule has 0 aliphatic carbocycles. The lowest BCUT2D eigenvalue weighted by atomic mass is 9.85. The molecule has 0 saturated heterocycles. The van der Waals surface area contributed by atoms with Crippen LogP contribution in [0.5, 0.6) is 5.75 Å². The van der Waals surface area contributed by atoms with E-state index in [4.69, 9.17) is 14.7 Å². The van der Waals surface area contributed by atoms with Crippen molar-refractivity contribution in [1.82, 2.24) is 0 Å². The molecule has 3 nitrogen and oxygen atoms in total. The van der Waals surface area contributed by atoms with Crippen LogP contribution in [0.1, 0.15) is 31.9 Å². The number of nitriles is 1. The molecule has 2 rings (SSSR count). The molecule has 0 fully saturated rings. The molecule has 1 aliphatic rings. The molecule has 1 aromatic rings. The van der Waals surface area contributed by atoms with Crippen molar-refractivity contribution in [2.75, 3.05) is 6.61 Å². The zero-order chi connectivity index (χ0) is 11.8. The van der Waals surface area contributed by atoms with Crippen molar-refractivity contribution in [3.8, 4) is 11.8 Å². The van der Waals surface area contributed by atoms with Crippen LogP contribution in [0, 0.1) is 11.3 Å². The molecule has 1 heterocycles. The number of fused-ring (bicyclic) bond motifs is 1. The van der Waals surface area contributed by atoms with Gasteiger partial charge in [0.05, 0.1) is 17.0 Å². The maximum atomic E-state index is 8.89. The van der Waals surface area contributed by atoms with E-state index in [0.717, 1.165) is 11.3 Å². The Balaban J connectivity index is 2.42. The normalized spacial score (nSPS) is 21.0. The van der Waals surface area contributed by atoms with Gasteiger partial charge in [0.15, 0.2) is 0 Å². The molecule has 0 aromatic heterocycles. The summed E-state index contributed by atoms with van der Waals surface area (Å²) in [5.74, 6) is 0.822. The van der Waals surface area contributed by atoms with Crippen LogP contribution < -0.4 is 4.74 Å². The van der Waals surface area contributed by atoms with Gasteiger partial charge in [0.1, 0.15) is 5.75 Å². The van der Waals surface area contributed by atoms with Gasteiger partial charge < -0.3 is 9.47 Å². The maximum Gasteiger partial charge on any atom is 0.209 e. The highest BCUT2D eigenvalue weighted by atomic mass is 16.7. The summed E-state index contributed by atoms with van der Waals surface area (Å²) in [6.07, 6.45) is -0.263. The number of hydrogen-bond acceptors (Lipinski definition) is 3. The van der Waals surface area contributed by atoms with E-state index in [2.05, 4.69) is 19.9 Å². The first-order valence-electron chi connectivity index (χ1n) is 5.42. The molecule has 3 heteroatoms. The molecule has 1 unspecified atom stereocenters. The van der Waals surface area contributed by atoms with Crippen molar-refractivity contribution in [2.24, 2.45) is 0 Å². The number of rotatable bonds is 2. The topological polar surface area (TPSA) is 42.2 Å². The Bertz CT molecular complexity index is 446. The summed E-state index contributed by atoms with van der Waals surface area (Å²) in [6.45, 7) is 6.71. The number of benzene rings is 1. The maximum absolute atomic E-state index is 8.89. The van der Waals surface area contributed by atoms with E-state index in [9.17, 15) is 0 Å². The Morgan fingerprint density at radius 3 is 2.88 bits per heavy atom. The Morgan fingerprint density at radius 1 is 1.50 bits per heavy atom. The number of hydrogen-bond donors (Lipinski definition) is 0. The lowest BCUT2D eigenvalue weighted by molar-refractivity contribution is -0.0981. The van der Waals surface area contributed by atoms with E-state index in [1.165, 1.54) is 0 Å². The first-order valence-corrected chi connectivity index (χ1v) is 5.42. The van der Waals surface area contributed by atoms with E-state index < -0.39 is 0 Å². The molecule has 0 saturated carbocycles. The zero-order valence-electron chi connectivity index (χ0n) is 9.78. The van der Waals surface area contributed by atoms with Crippen LogP contribution in [0.3, 0.4) is 0 Å². The highest BCUT2D eigenvalue weighted by Crippen LogP contribution is 2.43. The van der Waals surface area contributed by atoms with Gasteiger partial charge in [0.25, 0.3) is 0 Å². The summed E-state index contributed by atoms with van der Waals surface area (Å²) in [7, 11) is 0. The minimum Gasteiger partial charge on any atom is -0.464 e. The monoisotopic (exact) mass is 217 g/mol. The predicted molar refractivity (Wildman–Crippen MR) is 60.2 cm³/mol. The third-order valence-corrected chi connectivity index (χ3v) is 2.94. The van der Waals surface area contributed by atoms with Crippen LogP contribution in [0.4, 0.5) is 0 Å². The summed E-state index contributed by atoms with van der Waals surface area (Å²) in [4.78, 5) is 0. The Labute approximate surface area is 95.6 Å². The second kappa shape index (κ2) is 3.80. The molecule has 0 amide bonds. The van der Waals surface area contributed by atoms with Gasteiger partial charge in [-0.25, -0.2) is 0 Å². The fraction of sp³-hybridized carbons (Fsp3) is 0.462. The molecular formula is C13H15NO2. The zero-order valence-corrected chi connectivity index (χ0v) is 9.78. The van der Waals surface area contributed by atoms with Crippen LogP contribution in [0.15, 0.2) is 18.2 Å². The minimum absolute atomic E-state index is 0.210. The van der Waals surface area contributed by atoms with Crippen molar-refractivity contribution in [2.45, 2.75) is 32.5 Å². The molecule has 84 valence electrons. The minimum atomic E-state index is -0.263. The summed E-state index contributed by atoms with van der Waals surface area (Å²) in [6, 6.07) is 7.64. The molecular weight excluding hydrogens is 202 g/mol. The molecule has 0 radical (unpaired) electrons. The molecule has 1 aliphatic heterocycles. The summed E-state index contributed by atoms with van der Waals surface area (Å²) in [5, 5.41) is 8.89. The standard InChI is InChI=1S/C13H15NO2/c1-4-15-12-13(2,3)10-7-9(8-14)5-6-11(10)16-12/h5-7,12H,4H2,1-3H3. The van der Waals surface area contributed by atoms with E-state index in [0.29, 0.717) is 12.2 Å². The molecule has 0 bridgehead atoms. The van der Waals surface area contributed by atoms with Crippen molar-refractivity contribution < 1.29 is 9.47 Å². The lowest BCUT2D eigenvalue weighted by Crippen LogP contribution is -2.34. The molecule has 1 aromatic carbocycles. The van der Waals surface area contributed by atoms with Crippen molar-refractivity contribution in [3.63, 3.8) is 0 Å². The third kappa shape index (κ3) is 1.56. The van der Waals surface area contributed by atoms with Gasteiger partial charge in [-0.05, 0) is 39.0 Å². The molecule has 16 heavy (non-hydrogen) atoms. The van der Waals surface area contributed by atoms with Gasteiger partial charge in [-0.15, -0.1) is 0 Å². The first-order chi connectivity index (χ1) is 7.59. The van der Waals surface area contributed by atoms with Crippen LogP contribution in [-0.2, 0) is 10.2 Å². The van der Waals surface area contributed by atoms with Crippen LogP contribution in [-0.4, -0.2) is 12.9 Å². The van der Waals surface area contributed by atoms with Crippen LogP contribution >= 0.6 is 0 Å². The quantitative estimate of drug-likeness (QED) is 0.764. The van der Waals surface area contributed by atoms with Gasteiger partial charge in [0, 0.05) is 12.2 Å². The van der Waals surface area contributed by atoms with E-state index >= 15 is 0 Å². The average molecular weight is 217 g/mol. The smallest absolute Gasteiger partial charge is 0.209 e. The Morgan fingerprint density at radius 2 is 2.25 bits per heavy atom. The lowest BCUT2D eigenvalue weighted by Gasteiger charge is -2.25. The van der Waals surface area contributed by atoms with Crippen molar-refractivity contribution in [3.05, 3.63) is 29.3 Å². The van der Waals surface area contributed by atoms with Crippen molar-refractivity contribution >= 4 is 0 Å². The molecule has 0 spiro atoms. The summed E-state index contributed by atoms with van der Waals surface area (Å²) in [5.41, 5.74) is 1.50. The van der Waals surface area contributed by atoms with Gasteiger partial charge in [-0.2, -0.15) is 5.26 Å². The van der Waals surface area contributed by atoms with Crippen LogP contribution in [0.25, 0.3) is 0 Å². The first kappa shape index (κ1) is 11.0. The van der Waals surface area contributed by atoms with Crippen molar-refractivity contribution in [1.29, 1.82) is 5.26 Å². The number of nitrogens with zero attached hydrogens (tertiary/aromatic N) is 1. The van der Waals surface area contributed by atoms with Gasteiger partial charge in [-0.3, -0.25) is 0 Å². The second-order valence-electron chi connectivity index (χ2n) is 4.45. The summed E-state index contributed by atoms with van der Waals surface area (Å²) < 4.78 is 11.3. The fourth-order valence-electron chi connectivity index (χ4n) is 1.99. The predicted octanol–water partition coefficient (Wildman–Crippen LogP) is 2.59. The van der Waals surface area contributed by atoms with Gasteiger partial charge in [0.2, 0.25) is 6.29 Å². The van der Waals surface area contributed by atoms with Crippen LogP contribution in [0.2, 0.25) is 0 Å². The van der Waals surface area contributed by atoms with Gasteiger partial charge in [-0.1, -0.05) is 0 Å². The average Bonchev–Trinajstić information content (AvgIpc) is 2.51. The third-order valence-electron chi connectivity index (χ3n) is 2.94. The summed E-state index contributed by atoms with van der Waals surface area (Å²) >= 11 is 0. The fourth-order valence-corrected chi connectivity index (χ4v) is 1.99. The highest BCUT2D eigenvalue weighted by Gasteiger charge is 2.42. The molecule has 0 N–H and O–H groups in total. The Kier molecular flexibility index (Phi) is 2.61. The Hall–Kier alpha value is -1.53. The highest BCUT2D eigenvalue weighted by molar-refractivity contribution is 5.48. The SMILES string of the molecule is CCOC1Oc2ccc(C#N)cc2C1(C)C. The second-order valence-corrected chi connectivity index (χ2v) is 4.45. The van der Waals surface area contributed by atoms with E-state index in [1.54, 1.807) is 6.07 Å². The molecule has 1 atom stereocenters. The van der Waals surface area contributed by atoms with E-state index in [-0.39, 0.29) is 11.7 Å². The van der Waals surface area contributed by atoms with E-state index in [1.807, 2.05) is 19.1 Å². The largest absolute Gasteiger partial charge is 0.464 e. The van der Waals surface area contributed by atoms with Gasteiger partial charge >= 0.3 is 0 Å².